The molecule has 0 fully saturated rings. The van der Waals surface area contributed by atoms with E-state index in [4.69, 9.17) is 0 Å². The molecule has 0 aliphatic heterocycles. The number of amides is 1. The van der Waals surface area contributed by atoms with Gasteiger partial charge >= 0.3 is 0 Å². The topological polar surface area (TPSA) is 35.6 Å². The van der Waals surface area contributed by atoms with Gasteiger partial charge in [0.25, 0.3) is 0 Å². The standard InChI is InChI=1S/C19H33N3O/c1-19(2,13-9-14-21(3)4)20-18(23)16-22(5)15-12-17-10-7-6-8-11-17/h6-8,10-11H,9,12-16H2,1-5H3,(H,20,23). The van der Waals surface area contributed by atoms with Gasteiger partial charge in [-0.3, -0.25) is 9.69 Å². The van der Waals surface area contributed by atoms with Gasteiger partial charge in [0.1, 0.15) is 0 Å². The molecule has 1 N–H and O–H groups in total. The lowest BCUT2D eigenvalue weighted by molar-refractivity contribution is -0.123. The molecule has 0 bridgehead atoms. The summed E-state index contributed by atoms with van der Waals surface area (Å²) in [7, 11) is 6.15. The molecule has 1 rings (SSSR count). The molecule has 1 aromatic carbocycles. The van der Waals surface area contributed by atoms with Crippen molar-refractivity contribution in [3.05, 3.63) is 35.9 Å². The summed E-state index contributed by atoms with van der Waals surface area (Å²) in [4.78, 5) is 16.5. The number of carbonyl (C=O) groups is 1. The molecule has 0 unspecified atom stereocenters. The third-order valence-corrected chi connectivity index (χ3v) is 3.92. The number of nitrogens with zero attached hydrogens (tertiary/aromatic N) is 2. The number of hydrogen-bond donors (Lipinski definition) is 1. The molecule has 0 heterocycles. The molecule has 4 nitrogen and oxygen atoms in total. The highest BCUT2D eigenvalue weighted by molar-refractivity contribution is 5.78. The summed E-state index contributed by atoms with van der Waals surface area (Å²) in [5.41, 5.74) is 1.16. The van der Waals surface area contributed by atoms with Crippen molar-refractivity contribution in [2.45, 2.75) is 38.6 Å². The normalized spacial score (nSPS) is 12.0. The molecule has 0 aromatic heterocycles. The predicted molar refractivity (Wildman–Crippen MR) is 97.7 cm³/mol. The van der Waals surface area contributed by atoms with E-state index < -0.39 is 0 Å². The van der Waals surface area contributed by atoms with Crippen LogP contribution in [0, 0.1) is 0 Å². The highest BCUT2D eigenvalue weighted by atomic mass is 16.2. The van der Waals surface area contributed by atoms with Crippen LogP contribution in [0.1, 0.15) is 32.3 Å². The van der Waals surface area contributed by atoms with E-state index >= 15 is 0 Å². The first-order valence-electron chi connectivity index (χ1n) is 8.47. The molecular weight excluding hydrogens is 286 g/mol. The summed E-state index contributed by atoms with van der Waals surface area (Å²) in [6, 6.07) is 10.4. The van der Waals surface area contributed by atoms with Gasteiger partial charge < -0.3 is 10.2 Å². The molecule has 0 aliphatic rings. The molecule has 0 atom stereocenters. The predicted octanol–water partition coefficient (Wildman–Crippen LogP) is 2.40. The first-order valence-corrected chi connectivity index (χ1v) is 8.47. The molecule has 0 saturated carbocycles. The van der Waals surface area contributed by atoms with Crippen LogP contribution < -0.4 is 5.32 Å². The summed E-state index contributed by atoms with van der Waals surface area (Å²) in [6.45, 7) is 6.59. The van der Waals surface area contributed by atoms with Crippen molar-refractivity contribution in [3.63, 3.8) is 0 Å². The Morgan fingerprint density at radius 2 is 1.74 bits per heavy atom. The fourth-order valence-corrected chi connectivity index (χ4v) is 2.61. The minimum absolute atomic E-state index is 0.107. The number of carbonyl (C=O) groups excluding carboxylic acids is 1. The zero-order chi connectivity index (χ0) is 17.3. The van der Waals surface area contributed by atoms with Gasteiger partial charge in [-0.2, -0.15) is 0 Å². The number of benzene rings is 1. The number of nitrogens with one attached hydrogen (secondary N) is 1. The largest absolute Gasteiger partial charge is 0.350 e. The van der Waals surface area contributed by atoms with Gasteiger partial charge in [0.05, 0.1) is 6.54 Å². The van der Waals surface area contributed by atoms with Gasteiger partial charge in [0.2, 0.25) is 5.91 Å². The third kappa shape index (κ3) is 9.36. The maximum Gasteiger partial charge on any atom is 0.234 e. The van der Waals surface area contributed by atoms with Crippen LogP contribution in [0.5, 0.6) is 0 Å². The van der Waals surface area contributed by atoms with Crippen molar-refractivity contribution >= 4 is 5.91 Å². The Morgan fingerprint density at radius 3 is 2.35 bits per heavy atom. The first-order chi connectivity index (χ1) is 10.8. The molecule has 23 heavy (non-hydrogen) atoms. The molecule has 1 amide bonds. The molecule has 130 valence electrons. The number of rotatable bonds is 10. The second-order valence-corrected chi connectivity index (χ2v) is 7.31. The van der Waals surface area contributed by atoms with E-state index in [1.54, 1.807) is 0 Å². The minimum atomic E-state index is -0.145. The van der Waals surface area contributed by atoms with Crippen molar-refractivity contribution < 1.29 is 4.79 Å². The SMILES string of the molecule is CN(C)CCCC(C)(C)NC(=O)CN(C)CCc1ccccc1. The summed E-state index contributed by atoms with van der Waals surface area (Å²) in [5.74, 6) is 0.107. The summed E-state index contributed by atoms with van der Waals surface area (Å²) in [6.07, 6.45) is 3.05. The molecule has 0 aliphatic carbocycles. The summed E-state index contributed by atoms with van der Waals surface area (Å²) >= 11 is 0. The van der Waals surface area contributed by atoms with Crippen molar-refractivity contribution in [1.29, 1.82) is 0 Å². The Kier molecular flexibility index (Phi) is 8.28. The maximum absolute atomic E-state index is 12.2. The van der Waals surface area contributed by atoms with Crippen LogP contribution in [0.15, 0.2) is 30.3 Å². The highest BCUT2D eigenvalue weighted by Crippen LogP contribution is 2.11. The lowest BCUT2D eigenvalue weighted by atomic mass is 9.98. The van der Waals surface area contributed by atoms with E-state index in [9.17, 15) is 4.79 Å². The first kappa shape index (κ1) is 19.7. The van der Waals surface area contributed by atoms with E-state index in [0.29, 0.717) is 6.54 Å². The number of likely N-dealkylation sites (N-methyl/N-ethyl adjacent to an activating group) is 1. The van der Waals surface area contributed by atoms with E-state index in [2.05, 4.69) is 67.3 Å². The van der Waals surface area contributed by atoms with Crippen LogP contribution in [0.4, 0.5) is 0 Å². The lowest BCUT2D eigenvalue weighted by Crippen LogP contribution is -2.47. The zero-order valence-electron chi connectivity index (χ0n) is 15.4. The quantitative estimate of drug-likeness (QED) is 0.719. The van der Waals surface area contributed by atoms with Gasteiger partial charge in [0.15, 0.2) is 0 Å². The number of hydrogen-bond acceptors (Lipinski definition) is 3. The molecule has 0 saturated heterocycles. The van der Waals surface area contributed by atoms with Crippen molar-refractivity contribution in [2.24, 2.45) is 0 Å². The second kappa shape index (κ2) is 9.68. The third-order valence-electron chi connectivity index (χ3n) is 3.92. The average Bonchev–Trinajstić information content (AvgIpc) is 2.44. The molecule has 0 spiro atoms. The van der Waals surface area contributed by atoms with Gasteiger partial charge in [-0.15, -0.1) is 0 Å². The van der Waals surface area contributed by atoms with Gasteiger partial charge in [-0.25, -0.2) is 0 Å². The van der Waals surface area contributed by atoms with Crippen molar-refractivity contribution in [2.75, 3.05) is 40.8 Å². The van der Waals surface area contributed by atoms with Crippen molar-refractivity contribution in [1.82, 2.24) is 15.1 Å². The van der Waals surface area contributed by atoms with E-state index in [1.807, 2.05) is 13.1 Å². The Morgan fingerprint density at radius 1 is 1.09 bits per heavy atom. The summed E-state index contributed by atoms with van der Waals surface area (Å²) in [5, 5.41) is 3.16. The lowest BCUT2D eigenvalue weighted by Gasteiger charge is -2.28. The highest BCUT2D eigenvalue weighted by Gasteiger charge is 2.20. The zero-order valence-corrected chi connectivity index (χ0v) is 15.4. The second-order valence-electron chi connectivity index (χ2n) is 7.31. The van der Waals surface area contributed by atoms with Gasteiger partial charge in [-0.05, 0) is 66.4 Å². The minimum Gasteiger partial charge on any atom is -0.350 e. The van der Waals surface area contributed by atoms with E-state index in [0.717, 1.165) is 32.4 Å². The Balaban J connectivity index is 2.28. The van der Waals surface area contributed by atoms with Crippen LogP contribution in [-0.4, -0.2) is 62.0 Å². The van der Waals surface area contributed by atoms with Gasteiger partial charge in [-0.1, -0.05) is 30.3 Å². The molecule has 0 radical (unpaired) electrons. The van der Waals surface area contributed by atoms with E-state index in [1.165, 1.54) is 5.56 Å². The maximum atomic E-state index is 12.2. The van der Waals surface area contributed by atoms with Crippen LogP contribution >= 0.6 is 0 Å². The monoisotopic (exact) mass is 319 g/mol. The van der Waals surface area contributed by atoms with Crippen LogP contribution in [0.2, 0.25) is 0 Å². The van der Waals surface area contributed by atoms with Crippen LogP contribution in [0.3, 0.4) is 0 Å². The molecular formula is C19H33N3O. The Labute approximate surface area is 141 Å². The van der Waals surface area contributed by atoms with Gasteiger partial charge in [0, 0.05) is 12.1 Å². The molecule has 4 heteroatoms. The fraction of sp³-hybridized carbons (Fsp3) is 0.632. The van der Waals surface area contributed by atoms with E-state index in [-0.39, 0.29) is 11.4 Å². The Hall–Kier alpha value is -1.39. The smallest absolute Gasteiger partial charge is 0.234 e. The fourth-order valence-electron chi connectivity index (χ4n) is 2.61. The Bertz CT molecular complexity index is 457. The van der Waals surface area contributed by atoms with Crippen LogP contribution in [0.25, 0.3) is 0 Å². The average molecular weight is 319 g/mol. The summed E-state index contributed by atoms with van der Waals surface area (Å²) < 4.78 is 0. The van der Waals surface area contributed by atoms with Crippen molar-refractivity contribution in [3.8, 4) is 0 Å². The molecule has 1 aromatic rings. The van der Waals surface area contributed by atoms with Crippen LogP contribution in [-0.2, 0) is 11.2 Å².